The van der Waals surface area contributed by atoms with Gasteiger partial charge in [-0.05, 0) is 19.8 Å². The molecule has 1 rings (SSSR count). The first-order valence-corrected chi connectivity index (χ1v) is 4.69. The van der Waals surface area contributed by atoms with E-state index in [-0.39, 0.29) is 12.6 Å². The van der Waals surface area contributed by atoms with Crippen molar-refractivity contribution in [2.24, 2.45) is 0 Å². The molecule has 1 N–H and O–H groups in total. The maximum absolute atomic E-state index is 10.7. The van der Waals surface area contributed by atoms with Gasteiger partial charge in [0.2, 0.25) is 0 Å². The van der Waals surface area contributed by atoms with Crippen LogP contribution in [0.5, 0.6) is 0 Å². The highest BCUT2D eigenvalue weighted by Crippen LogP contribution is 1.94. The number of carbonyl (C=O) groups is 1. The summed E-state index contributed by atoms with van der Waals surface area (Å²) in [5, 5.41) is 8.38. The molecule has 0 unspecified atom stereocenters. The van der Waals surface area contributed by atoms with Crippen LogP contribution in [0.3, 0.4) is 0 Å². The Hall–Kier alpha value is -0.870. The molecule has 0 bridgehead atoms. The zero-order valence-electron chi connectivity index (χ0n) is 8.62. The fourth-order valence-corrected chi connectivity index (χ4v) is 0.502. The van der Waals surface area contributed by atoms with Crippen LogP contribution < -0.4 is 0 Å². The highest BCUT2D eigenvalue weighted by atomic mass is 16.6. The van der Waals surface area contributed by atoms with E-state index in [1.54, 1.807) is 6.92 Å². The molecule has 1 fully saturated rings. The Bertz CT molecular complexity index is 172. The van der Waals surface area contributed by atoms with E-state index in [4.69, 9.17) is 9.84 Å². The lowest BCUT2D eigenvalue weighted by Gasteiger charge is -2.01. The van der Waals surface area contributed by atoms with E-state index in [1.807, 2.05) is 0 Å². The van der Waals surface area contributed by atoms with Crippen LogP contribution in [0.4, 0.5) is 0 Å². The number of aliphatic hydroxyl groups is 1. The number of unbranched alkanes of at least 4 members (excludes halogenated alkanes) is 1. The molecule has 0 radical (unpaired) electrons. The molecule has 1 aliphatic rings. The normalized spacial score (nSPS) is 12.4. The number of epoxide rings is 1. The minimum Gasteiger partial charge on any atom is -0.462 e. The second kappa shape index (κ2) is 8.72. The third-order valence-electron chi connectivity index (χ3n) is 1.34. The summed E-state index contributed by atoms with van der Waals surface area (Å²) >= 11 is 0. The number of esters is 1. The van der Waals surface area contributed by atoms with Gasteiger partial charge < -0.3 is 14.6 Å². The predicted octanol–water partition coefficient (Wildman–Crippen LogP) is 0.895. The molecule has 14 heavy (non-hydrogen) atoms. The summed E-state index contributed by atoms with van der Waals surface area (Å²) in [6, 6.07) is 0. The van der Waals surface area contributed by atoms with Gasteiger partial charge in [-0.2, -0.15) is 0 Å². The van der Waals surface area contributed by atoms with Crippen molar-refractivity contribution in [3.05, 3.63) is 12.2 Å². The molecule has 0 atom stereocenters. The monoisotopic (exact) mass is 202 g/mol. The SMILES string of the molecule is C1CO1.C=C(C)C(=O)OCCCCO. The Morgan fingerprint density at radius 1 is 1.50 bits per heavy atom. The lowest BCUT2D eigenvalue weighted by molar-refractivity contribution is -0.139. The zero-order valence-corrected chi connectivity index (χ0v) is 8.62. The van der Waals surface area contributed by atoms with Gasteiger partial charge in [-0.15, -0.1) is 0 Å². The molecule has 1 heterocycles. The van der Waals surface area contributed by atoms with Crippen LogP contribution in [0.2, 0.25) is 0 Å². The molecule has 1 saturated heterocycles. The smallest absolute Gasteiger partial charge is 0.333 e. The molecule has 0 saturated carbocycles. The molecule has 4 heteroatoms. The molecule has 0 amide bonds. The molecule has 0 aromatic heterocycles. The van der Waals surface area contributed by atoms with Gasteiger partial charge >= 0.3 is 5.97 Å². The van der Waals surface area contributed by atoms with Crippen molar-refractivity contribution in [3.63, 3.8) is 0 Å². The molecule has 0 spiro atoms. The molecule has 4 nitrogen and oxygen atoms in total. The second-order valence-electron chi connectivity index (χ2n) is 2.96. The Morgan fingerprint density at radius 3 is 2.43 bits per heavy atom. The molecular weight excluding hydrogens is 184 g/mol. The maximum Gasteiger partial charge on any atom is 0.333 e. The van der Waals surface area contributed by atoms with Gasteiger partial charge in [0.15, 0.2) is 0 Å². The van der Waals surface area contributed by atoms with Crippen LogP contribution in [0.15, 0.2) is 12.2 Å². The van der Waals surface area contributed by atoms with E-state index in [0.717, 1.165) is 13.2 Å². The van der Waals surface area contributed by atoms with Crippen molar-refractivity contribution in [1.82, 2.24) is 0 Å². The van der Waals surface area contributed by atoms with Crippen LogP contribution in [-0.4, -0.2) is 37.5 Å². The first-order chi connectivity index (χ1) is 6.68. The molecule has 0 aliphatic carbocycles. The van der Waals surface area contributed by atoms with Crippen LogP contribution in [0.1, 0.15) is 19.8 Å². The van der Waals surface area contributed by atoms with E-state index < -0.39 is 0 Å². The number of ether oxygens (including phenoxy) is 2. The fourth-order valence-electron chi connectivity index (χ4n) is 0.502. The van der Waals surface area contributed by atoms with Gasteiger partial charge in [-0.3, -0.25) is 0 Å². The van der Waals surface area contributed by atoms with Gasteiger partial charge in [0.25, 0.3) is 0 Å². The highest BCUT2D eigenvalue weighted by molar-refractivity contribution is 5.86. The fraction of sp³-hybridized carbons (Fsp3) is 0.700. The summed E-state index contributed by atoms with van der Waals surface area (Å²) in [5.74, 6) is -0.358. The van der Waals surface area contributed by atoms with Crippen molar-refractivity contribution in [3.8, 4) is 0 Å². The van der Waals surface area contributed by atoms with Crippen LogP contribution in [-0.2, 0) is 14.3 Å². The third kappa shape index (κ3) is 11.1. The largest absolute Gasteiger partial charge is 0.462 e. The van der Waals surface area contributed by atoms with Gasteiger partial charge in [-0.25, -0.2) is 4.79 Å². The number of hydrogen-bond acceptors (Lipinski definition) is 4. The number of carbonyl (C=O) groups excluding carboxylic acids is 1. The summed E-state index contributed by atoms with van der Waals surface area (Å²) in [4.78, 5) is 10.7. The molecule has 82 valence electrons. The second-order valence-corrected chi connectivity index (χ2v) is 2.96. The van der Waals surface area contributed by atoms with Crippen molar-refractivity contribution in [2.45, 2.75) is 19.8 Å². The van der Waals surface area contributed by atoms with Crippen LogP contribution in [0.25, 0.3) is 0 Å². The summed E-state index contributed by atoms with van der Waals surface area (Å²) in [7, 11) is 0. The van der Waals surface area contributed by atoms with E-state index in [2.05, 4.69) is 11.3 Å². The van der Waals surface area contributed by atoms with Crippen LogP contribution in [0, 0.1) is 0 Å². The van der Waals surface area contributed by atoms with Crippen molar-refractivity contribution >= 4 is 5.97 Å². The predicted molar refractivity (Wildman–Crippen MR) is 52.9 cm³/mol. The highest BCUT2D eigenvalue weighted by Gasteiger charge is 2.00. The van der Waals surface area contributed by atoms with Gasteiger partial charge in [0, 0.05) is 12.2 Å². The summed E-state index contributed by atoms with van der Waals surface area (Å²) in [6.07, 6.45) is 1.37. The summed E-state index contributed by atoms with van der Waals surface area (Å²) < 4.78 is 9.26. The van der Waals surface area contributed by atoms with Crippen LogP contribution >= 0.6 is 0 Å². The minimum atomic E-state index is -0.358. The maximum atomic E-state index is 10.7. The number of aliphatic hydroxyl groups excluding tert-OH is 1. The van der Waals surface area contributed by atoms with Crippen molar-refractivity contribution in [2.75, 3.05) is 26.4 Å². The molecular formula is C10H18O4. The van der Waals surface area contributed by atoms with Gasteiger partial charge in [0.05, 0.1) is 19.8 Å². The summed E-state index contributed by atoms with van der Waals surface area (Å²) in [5.41, 5.74) is 0.411. The first-order valence-electron chi connectivity index (χ1n) is 4.69. The molecule has 1 aliphatic heterocycles. The van der Waals surface area contributed by atoms with E-state index in [9.17, 15) is 4.79 Å². The quantitative estimate of drug-likeness (QED) is 0.311. The van der Waals surface area contributed by atoms with Crippen molar-refractivity contribution in [1.29, 1.82) is 0 Å². The lowest BCUT2D eigenvalue weighted by Crippen LogP contribution is -2.06. The topological polar surface area (TPSA) is 59.1 Å². The van der Waals surface area contributed by atoms with E-state index >= 15 is 0 Å². The van der Waals surface area contributed by atoms with Gasteiger partial charge in [0.1, 0.15) is 0 Å². The Kier molecular flexibility index (Phi) is 8.17. The third-order valence-corrected chi connectivity index (χ3v) is 1.34. The Balaban J connectivity index is 0.000000469. The average molecular weight is 202 g/mol. The minimum absolute atomic E-state index is 0.143. The molecule has 0 aromatic rings. The van der Waals surface area contributed by atoms with E-state index in [0.29, 0.717) is 25.0 Å². The Morgan fingerprint density at radius 2 is 2.07 bits per heavy atom. The standard InChI is InChI=1S/C8H14O3.C2H4O/c1-7(2)8(10)11-6-4-3-5-9;1-2-3-1/h9H,1,3-6H2,2H3;1-2H2. The average Bonchev–Trinajstić information content (AvgIpc) is 2.98. The molecule has 0 aromatic carbocycles. The van der Waals surface area contributed by atoms with Crippen molar-refractivity contribution < 1.29 is 19.4 Å². The van der Waals surface area contributed by atoms with Gasteiger partial charge in [-0.1, -0.05) is 6.58 Å². The zero-order chi connectivity index (χ0) is 10.8. The lowest BCUT2D eigenvalue weighted by atomic mass is 10.3. The van der Waals surface area contributed by atoms with E-state index in [1.165, 1.54) is 0 Å². The Labute approximate surface area is 84.5 Å². The first kappa shape index (κ1) is 13.1. The number of hydrogen-bond donors (Lipinski definition) is 1. The summed E-state index contributed by atoms with van der Waals surface area (Å²) in [6.45, 7) is 7.55. The number of rotatable bonds is 5.